The van der Waals surface area contributed by atoms with E-state index in [0.29, 0.717) is 17.9 Å². The molecule has 0 radical (unpaired) electrons. The Morgan fingerprint density at radius 3 is 3.04 bits per heavy atom. The monoisotopic (exact) mass is 342 g/mol. The van der Waals surface area contributed by atoms with Crippen LogP contribution in [0.4, 0.5) is 0 Å². The summed E-state index contributed by atoms with van der Waals surface area (Å²) in [5, 5.41) is 4.83. The Morgan fingerprint density at radius 2 is 2.25 bits per heavy atom. The zero-order chi connectivity index (χ0) is 16.7. The van der Waals surface area contributed by atoms with Crippen molar-refractivity contribution in [2.24, 2.45) is 0 Å². The lowest BCUT2D eigenvalue weighted by atomic mass is 9.98. The normalized spacial score (nSPS) is 18.2. The number of hydrogen-bond donors (Lipinski definition) is 1. The molecule has 24 heavy (non-hydrogen) atoms. The molecule has 0 aromatic carbocycles. The van der Waals surface area contributed by atoms with Gasteiger partial charge in [-0.25, -0.2) is 9.50 Å². The maximum Gasteiger partial charge on any atom is 0.272 e. The van der Waals surface area contributed by atoms with Crippen molar-refractivity contribution >= 4 is 22.9 Å². The van der Waals surface area contributed by atoms with E-state index in [2.05, 4.69) is 10.1 Å². The van der Waals surface area contributed by atoms with E-state index in [4.69, 9.17) is 0 Å². The molecule has 0 aliphatic carbocycles. The second-order valence-electron chi connectivity index (χ2n) is 6.17. The van der Waals surface area contributed by atoms with Gasteiger partial charge in [0, 0.05) is 24.9 Å². The van der Waals surface area contributed by atoms with Crippen LogP contribution in [0.3, 0.4) is 0 Å². The zero-order valence-corrected chi connectivity index (χ0v) is 14.2. The summed E-state index contributed by atoms with van der Waals surface area (Å²) in [4.78, 5) is 32.4. The van der Waals surface area contributed by atoms with E-state index < -0.39 is 0 Å². The van der Waals surface area contributed by atoms with Gasteiger partial charge in [0.1, 0.15) is 0 Å². The van der Waals surface area contributed by atoms with E-state index in [1.807, 2.05) is 23.3 Å². The van der Waals surface area contributed by atoms with Crippen molar-refractivity contribution < 1.29 is 4.79 Å². The number of amides is 1. The molecule has 1 N–H and O–H groups in total. The maximum absolute atomic E-state index is 12.9. The third-order valence-electron chi connectivity index (χ3n) is 4.45. The van der Waals surface area contributed by atoms with E-state index in [0.717, 1.165) is 29.7 Å². The van der Waals surface area contributed by atoms with Gasteiger partial charge in [0.2, 0.25) is 0 Å². The highest BCUT2D eigenvalue weighted by molar-refractivity contribution is 7.12. The number of nitrogens with zero attached hydrogens (tertiary/aromatic N) is 3. The molecule has 1 saturated heterocycles. The van der Waals surface area contributed by atoms with E-state index in [-0.39, 0.29) is 17.5 Å². The minimum absolute atomic E-state index is 0.0360. The van der Waals surface area contributed by atoms with Gasteiger partial charge in [-0.3, -0.25) is 14.7 Å². The molecule has 6 nitrogen and oxygen atoms in total. The van der Waals surface area contributed by atoms with Gasteiger partial charge in [-0.15, -0.1) is 11.3 Å². The molecule has 3 aromatic rings. The second kappa shape index (κ2) is 5.90. The number of piperidine rings is 1. The Kier molecular flexibility index (Phi) is 3.72. The number of carbonyl (C=O) groups is 1. The van der Waals surface area contributed by atoms with Crippen molar-refractivity contribution in [2.45, 2.75) is 32.2 Å². The fraction of sp³-hybridized carbons (Fsp3) is 0.353. The number of carbonyl (C=O) groups excluding carboxylic acids is 1. The van der Waals surface area contributed by atoms with Gasteiger partial charge in [0.15, 0.2) is 5.65 Å². The van der Waals surface area contributed by atoms with Gasteiger partial charge in [-0.05, 0) is 43.2 Å². The molecule has 7 heteroatoms. The predicted octanol–water partition coefficient (Wildman–Crippen LogP) is 2.76. The molecule has 0 spiro atoms. The molecular formula is C17H18N4O2S. The molecule has 1 unspecified atom stereocenters. The van der Waals surface area contributed by atoms with Crippen LogP contribution in [0.15, 0.2) is 34.6 Å². The first-order valence-corrected chi connectivity index (χ1v) is 8.94. The summed E-state index contributed by atoms with van der Waals surface area (Å²) < 4.78 is 1.40. The zero-order valence-electron chi connectivity index (χ0n) is 13.4. The smallest absolute Gasteiger partial charge is 0.272 e. The Balaban J connectivity index is 1.73. The summed E-state index contributed by atoms with van der Waals surface area (Å²) in [6.45, 7) is 2.69. The Labute approximate surface area is 142 Å². The number of aromatic nitrogens is 3. The van der Waals surface area contributed by atoms with Crippen molar-refractivity contribution in [1.82, 2.24) is 19.5 Å². The van der Waals surface area contributed by atoms with Crippen molar-refractivity contribution in [3.8, 4) is 0 Å². The van der Waals surface area contributed by atoms with Crippen molar-refractivity contribution in [1.29, 1.82) is 0 Å². The molecule has 4 heterocycles. The van der Waals surface area contributed by atoms with Gasteiger partial charge in [0.25, 0.3) is 11.5 Å². The van der Waals surface area contributed by atoms with Gasteiger partial charge < -0.3 is 4.90 Å². The number of nitrogens with one attached hydrogen (secondary N) is 1. The third kappa shape index (κ3) is 2.54. The van der Waals surface area contributed by atoms with E-state index in [1.165, 1.54) is 15.9 Å². The van der Waals surface area contributed by atoms with Crippen molar-refractivity contribution in [2.75, 3.05) is 6.54 Å². The fourth-order valence-electron chi connectivity index (χ4n) is 3.28. The van der Waals surface area contributed by atoms with Crippen LogP contribution in [0.2, 0.25) is 0 Å². The maximum atomic E-state index is 12.9. The van der Waals surface area contributed by atoms with Gasteiger partial charge >= 0.3 is 0 Å². The predicted molar refractivity (Wildman–Crippen MR) is 92.5 cm³/mol. The number of likely N-dealkylation sites (tertiary alicyclic amines) is 1. The van der Waals surface area contributed by atoms with Crippen molar-refractivity contribution in [3.05, 3.63) is 56.3 Å². The number of rotatable bonds is 2. The van der Waals surface area contributed by atoms with Crippen LogP contribution < -0.4 is 5.56 Å². The van der Waals surface area contributed by atoms with Crippen molar-refractivity contribution in [3.63, 3.8) is 0 Å². The summed E-state index contributed by atoms with van der Waals surface area (Å²) in [5.41, 5.74) is 2.22. The first-order valence-electron chi connectivity index (χ1n) is 8.07. The highest BCUT2D eigenvalue weighted by Crippen LogP contribution is 2.31. The molecule has 3 aromatic heterocycles. The minimum Gasteiger partial charge on any atom is -0.329 e. The lowest BCUT2D eigenvalue weighted by Gasteiger charge is -2.35. The van der Waals surface area contributed by atoms with E-state index >= 15 is 0 Å². The molecule has 4 rings (SSSR count). The molecule has 124 valence electrons. The van der Waals surface area contributed by atoms with E-state index in [1.54, 1.807) is 18.3 Å². The van der Waals surface area contributed by atoms with Crippen LogP contribution in [0.1, 0.15) is 46.2 Å². The SMILES string of the molecule is Cc1csc(C(=O)N2CCCCC2c2cc(=O)n3[nH]ccc3n2)c1. The molecule has 1 amide bonds. The average molecular weight is 342 g/mol. The highest BCUT2D eigenvalue weighted by Gasteiger charge is 2.30. The van der Waals surface area contributed by atoms with Crippen LogP contribution in [0.25, 0.3) is 5.65 Å². The number of fused-ring (bicyclic) bond motifs is 1. The fourth-order valence-corrected chi connectivity index (χ4v) is 4.14. The number of aromatic amines is 1. The highest BCUT2D eigenvalue weighted by atomic mass is 32.1. The first kappa shape index (κ1) is 15.1. The Morgan fingerprint density at radius 1 is 1.38 bits per heavy atom. The van der Waals surface area contributed by atoms with Gasteiger partial charge in [-0.2, -0.15) is 0 Å². The standard InChI is InChI=1S/C17H18N4O2S/c1-11-8-14(24-10-11)17(23)20-7-3-2-4-13(20)12-9-16(22)21-15(19-12)5-6-18-21/h5-6,8-10,13,18H,2-4,7H2,1H3. The summed E-state index contributed by atoms with van der Waals surface area (Å²) in [7, 11) is 0. The van der Waals surface area contributed by atoms with Crippen LogP contribution in [-0.4, -0.2) is 31.9 Å². The molecule has 0 saturated carbocycles. The molecule has 1 aliphatic heterocycles. The van der Waals surface area contributed by atoms with E-state index in [9.17, 15) is 9.59 Å². The summed E-state index contributed by atoms with van der Waals surface area (Å²) in [6.07, 6.45) is 4.54. The second-order valence-corrected chi connectivity index (χ2v) is 7.08. The molecule has 1 atom stereocenters. The molecule has 1 fully saturated rings. The Bertz CT molecular complexity index is 955. The van der Waals surface area contributed by atoms with Crippen LogP contribution >= 0.6 is 11.3 Å². The first-order chi connectivity index (χ1) is 11.6. The number of H-pyrrole nitrogens is 1. The summed E-state index contributed by atoms with van der Waals surface area (Å²) in [6, 6.07) is 5.10. The topological polar surface area (TPSA) is 70.5 Å². The van der Waals surface area contributed by atoms with Gasteiger partial charge in [-0.1, -0.05) is 0 Å². The minimum atomic E-state index is -0.148. The Hall–Kier alpha value is -2.41. The largest absolute Gasteiger partial charge is 0.329 e. The number of aryl methyl sites for hydroxylation is 1. The lowest BCUT2D eigenvalue weighted by molar-refractivity contribution is 0.0611. The third-order valence-corrected chi connectivity index (χ3v) is 5.48. The lowest BCUT2D eigenvalue weighted by Crippen LogP contribution is -2.39. The average Bonchev–Trinajstić information content (AvgIpc) is 3.23. The van der Waals surface area contributed by atoms with Crippen LogP contribution in [-0.2, 0) is 0 Å². The van der Waals surface area contributed by atoms with Gasteiger partial charge in [0.05, 0.1) is 16.6 Å². The van der Waals surface area contributed by atoms with Crippen LogP contribution in [0, 0.1) is 6.92 Å². The quantitative estimate of drug-likeness (QED) is 0.778. The molecule has 1 aliphatic rings. The molecular weight excluding hydrogens is 324 g/mol. The molecule has 0 bridgehead atoms. The summed E-state index contributed by atoms with van der Waals surface area (Å²) in [5.74, 6) is 0.0360. The van der Waals surface area contributed by atoms with Crippen LogP contribution in [0.5, 0.6) is 0 Å². The number of hydrogen-bond acceptors (Lipinski definition) is 4. The number of thiophene rings is 1. The summed E-state index contributed by atoms with van der Waals surface area (Å²) >= 11 is 1.47.